The predicted octanol–water partition coefficient (Wildman–Crippen LogP) is 1.51. The van der Waals surface area contributed by atoms with E-state index in [0.29, 0.717) is 25.1 Å². The van der Waals surface area contributed by atoms with Gasteiger partial charge in [0.05, 0.1) is 11.1 Å². The predicted molar refractivity (Wildman–Crippen MR) is 79.6 cm³/mol. The Kier molecular flexibility index (Phi) is 6.79. The molecule has 0 unspecified atom stereocenters. The van der Waals surface area contributed by atoms with Crippen molar-refractivity contribution in [2.45, 2.75) is 26.7 Å². The monoisotopic (exact) mass is 287 g/mol. The lowest BCUT2D eigenvalue weighted by Gasteiger charge is -2.28. The van der Waals surface area contributed by atoms with E-state index in [1.165, 1.54) is 10.6 Å². The smallest absolute Gasteiger partial charge is 0.250 e. The lowest BCUT2D eigenvalue weighted by atomic mass is 9.81. The molecule has 1 aromatic rings. The van der Waals surface area contributed by atoms with Crippen molar-refractivity contribution in [2.24, 2.45) is 18.2 Å². The number of anilines is 1. The quantitative estimate of drug-likeness (QED) is 0.862. The molecule has 0 aliphatic carbocycles. The van der Waals surface area contributed by atoms with Gasteiger partial charge in [0.25, 0.3) is 0 Å². The fraction of sp³-hybridized carbons (Fsp3) is 0.538. The third-order valence-corrected chi connectivity index (χ3v) is 3.57. The minimum atomic E-state index is -0.533. The van der Waals surface area contributed by atoms with Gasteiger partial charge < -0.3 is 15.6 Å². The van der Waals surface area contributed by atoms with Crippen molar-refractivity contribution in [1.82, 2.24) is 4.57 Å². The fourth-order valence-electron chi connectivity index (χ4n) is 1.88. The van der Waals surface area contributed by atoms with Crippen LogP contribution in [0, 0.1) is 5.41 Å². The molecule has 0 saturated carbocycles. The fourth-order valence-corrected chi connectivity index (χ4v) is 1.88. The van der Waals surface area contributed by atoms with E-state index in [1.807, 2.05) is 13.8 Å². The van der Waals surface area contributed by atoms with Crippen molar-refractivity contribution < 1.29 is 4.79 Å². The number of nitrogens with one attached hydrogen (secondary N) is 1. The number of pyridine rings is 1. The maximum atomic E-state index is 12.2. The number of hydrogen-bond donors (Lipinski definition) is 2. The van der Waals surface area contributed by atoms with Gasteiger partial charge in [0, 0.05) is 25.9 Å². The number of amides is 1. The van der Waals surface area contributed by atoms with Crippen LogP contribution in [0.15, 0.2) is 23.1 Å². The Labute approximate surface area is 119 Å². The number of nitrogens with zero attached hydrogens (tertiary/aromatic N) is 1. The Morgan fingerprint density at radius 2 is 1.95 bits per heavy atom. The van der Waals surface area contributed by atoms with Crippen LogP contribution in [0.2, 0.25) is 0 Å². The normalized spacial score (nSPS) is 10.7. The van der Waals surface area contributed by atoms with Crippen LogP contribution < -0.4 is 16.6 Å². The molecule has 1 amide bonds. The largest absolute Gasteiger partial charge is 0.329 e. The molecule has 0 atom stereocenters. The van der Waals surface area contributed by atoms with Crippen molar-refractivity contribution in [3.63, 3.8) is 0 Å². The Balaban J connectivity index is 0.00000324. The van der Waals surface area contributed by atoms with Gasteiger partial charge in [0.15, 0.2) is 0 Å². The van der Waals surface area contributed by atoms with Gasteiger partial charge in [-0.15, -0.1) is 12.4 Å². The van der Waals surface area contributed by atoms with E-state index >= 15 is 0 Å². The first kappa shape index (κ1) is 17.7. The molecule has 0 spiro atoms. The number of nitrogens with two attached hydrogens (primary N) is 1. The molecule has 0 fully saturated rings. The lowest BCUT2D eigenvalue weighted by Crippen LogP contribution is -2.41. The zero-order valence-electron chi connectivity index (χ0n) is 11.6. The van der Waals surface area contributed by atoms with Gasteiger partial charge in [-0.1, -0.05) is 13.8 Å². The van der Waals surface area contributed by atoms with Crippen LogP contribution in [-0.4, -0.2) is 17.0 Å². The Morgan fingerprint density at radius 3 is 2.37 bits per heavy atom. The van der Waals surface area contributed by atoms with Crippen LogP contribution in [-0.2, 0) is 11.8 Å². The average molecular weight is 288 g/mol. The van der Waals surface area contributed by atoms with Crippen molar-refractivity contribution in [3.8, 4) is 0 Å². The molecule has 1 aromatic heterocycles. The highest BCUT2D eigenvalue weighted by Crippen LogP contribution is 2.26. The molecule has 5 nitrogen and oxygen atoms in total. The highest BCUT2D eigenvalue weighted by Gasteiger charge is 2.33. The Bertz CT molecular complexity index is 473. The molecule has 0 saturated heterocycles. The third-order valence-electron chi connectivity index (χ3n) is 3.57. The summed E-state index contributed by atoms with van der Waals surface area (Å²) in [7, 11) is 1.65. The topological polar surface area (TPSA) is 77.1 Å². The number of carbonyl (C=O) groups is 1. The molecule has 0 aliphatic heterocycles. The van der Waals surface area contributed by atoms with Crippen molar-refractivity contribution in [2.75, 3.05) is 11.9 Å². The molecule has 0 aromatic carbocycles. The van der Waals surface area contributed by atoms with Crippen LogP contribution in [0.25, 0.3) is 0 Å². The zero-order chi connectivity index (χ0) is 13.8. The number of hydrogen-bond acceptors (Lipinski definition) is 3. The number of carbonyl (C=O) groups excluding carboxylic acids is 1. The second kappa shape index (κ2) is 7.31. The van der Waals surface area contributed by atoms with Gasteiger partial charge in [0.2, 0.25) is 11.5 Å². The van der Waals surface area contributed by atoms with Crippen LogP contribution in [0.4, 0.5) is 5.69 Å². The molecule has 0 bridgehead atoms. The molecule has 19 heavy (non-hydrogen) atoms. The maximum Gasteiger partial charge on any atom is 0.250 e. The number of aryl methyl sites for hydroxylation is 1. The SMILES string of the molecule is CCC(CC)(CN)C(=O)Nc1ccc(=O)n(C)c1.Cl. The average Bonchev–Trinajstić information content (AvgIpc) is 2.37. The van der Waals surface area contributed by atoms with Crippen LogP contribution >= 0.6 is 12.4 Å². The minimum absolute atomic E-state index is 0. The molecule has 3 N–H and O–H groups in total. The Hall–Kier alpha value is -1.33. The second-order valence-corrected chi connectivity index (χ2v) is 4.51. The van der Waals surface area contributed by atoms with Crippen LogP contribution in [0.5, 0.6) is 0 Å². The summed E-state index contributed by atoms with van der Waals surface area (Å²) in [6, 6.07) is 3.03. The van der Waals surface area contributed by atoms with Gasteiger partial charge >= 0.3 is 0 Å². The summed E-state index contributed by atoms with van der Waals surface area (Å²) in [5, 5.41) is 2.82. The van der Waals surface area contributed by atoms with Gasteiger partial charge in [-0.05, 0) is 18.9 Å². The highest BCUT2D eigenvalue weighted by molar-refractivity contribution is 5.95. The summed E-state index contributed by atoms with van der Waals surface area (Å²) in [5.41, 5.74) is 5.69. The number of aromatic nitrogens is 1. The molecule has 0 radical (unpaired) electrons. The standard InChI is InChI=1S/C13H21N3O2.ClH/c1-4-13(5-2,9-14)12(18)15-10-6-7-11(17)16(3)8-10;/h6-8H,4-5,9,14H2,1-3H3,(H,15,18);1H. The molecular weight excluding hydrogens is 266 g/mol. The molecule has 108 valence electrons. The summed E-state index contributed by atoms with van der Waals surface area (Å²) in [6.45, 7) is 4.23. The van der Waals surface area contributed by atoms with Gasteiger partial charge in [-0.3, -0.25) is 9.59 Å². The van der Waals surface area contributed by atoms with Crippen molar-refractivity contribution in [1.29, 1.82) is 0 Å². The van der Waals surface area contributed by atoms with Crippen molar-refractivity contribution >= 4 is 24.0 Å². The van der Waals surface area contributed by atoms with E-state index < -0.39 is 5.41 Å². The van der Waals surface area contributed by atoms with Gasteiger partial charge in [-0.2, -0.15) is 0 Å². The first-order chi connectivity index (χ1) is 8.49. The van der Waals surface area contributed by atoms with E-state index in [9.17, 15) is 9.59 Å². The first-order valence-corrected chi connectivity index (χ1v) is 6.17. The summed E-state index contributed by atoms with van der Waals surface area (Å²) >= 11 is 0. The second-order valence-electron chi connectivity index (χ2n) is 4.51. The van der Waals surface area contributed by atoms with E-state index in [4.69, 9.17) is 5.73 Å². The number of rotatable bonds is 5. The van der Waals surface area contributed by atoms with E-state index in [-0.39, 0.29) is 23.9 Å². The highest BCUT2D eigenvalue weighted by atomic mass is 35.5. The maximum absolute atomic E-state index is 12.2. The first-order valence-electron chi connectivity index (χ1n) is 6.17. The third kappa shape index (κ3) is 3.81. The summed E-state index contributed by atoms with van der Waals surface area (Å²) in [5.74, 6) is -0.0892. The zero-order valence-corrected chi connectivity index (χ0v) is 12.4. The van der Waals surface area contributed by atoms with E-state index in [2.05, 4.69) is 5.32 Å². The Morgan fingerprint density at radius 1 is 1.37 bits per heavy atom. The van der Waals surface area contributed by atoms with Gasteiger partial charge in [0.1, 0.15) is 0 Å². The molecule has 0 aliphatic rings. The molecule has 6 heteroatoms. The van der Waals surface area contributed by atoms with E-state index in [1.54, 1.807) is 19.3 Å². The molecular formula is C13H22ClN3O2. The lowest BCUT2D eigenvalue weighted by molar-refractivity contribution is -0.125. The van der Waals surface area contributed by atoms with E-state index in [0.717, 1.165) is 0 Å². The minimum Gasteiger partial charge on any atom is -0.329 e. The molecule has 1 rings (SSSR count). The van der Waals surface area contributed by atoms with Crippen molar-refractivity contribution in [3.05, 3.63) is 28.7 Å². The molecule has 1 heterocycles. The van der Waals surface area contributed by atoms with Crippen LogP contribution in [0.3, 0.4) is 0 Å². The van der Waals surface area contributed by atoms with Crippen LogP contribution in [0.1, 0.15) is 26.7 Å². The summed E-state index contributed by atoms with van der Waals surface area (Å²) in [4.78, 5) is 23.5. The number of halogens is 1. The summed E-state index contributed by atoms with van der Waals surface area (Å²) in [6.07, 6.45) is 2.99. The summed E-state index contributed by atoms with van der Waals surface area (Å²) < 4.78 is 1.43. The van der Waals surface area contributed by atoms with Gasteiger partial charge in [-0.25, -0.2) is 0 Å².